The van der Waals surface area contributed by atoms with Gasteiger partial charge < -0.3 is 14.2 Å². The van der Waals surface area contributed by atoms with Crippen LogP contribution in [0.25, 0.3) is 0 Å². The molecule has 3 rings (SSSR count). The van der Waals surface area contributed by atoms with Crippen LogP contribution in [-0.2, 0) is 6.18 Å². The Bertz CT molecular complexity index is 980. The predicted molar refractivity (Wildman–Crippen MR) is 82.5 cm³/mol. The number of halogens is 4. The van der Waals surface area contributed by atoms with Crippen LogP contribution in [-0.4, -0.2) is 16.8 Å². The summed E-state index contributed by atoms with van der Waals surface area (Å²) in [5.74, 6) is -3.09. The fraction of sp³-hybridized carbons (Fsp3) is 0.0625. The van der Waals surface area contributed by atoms with E-state index in [0.29, 0.717) is 12.1 Å². The van der Waals surface area contributed by atoms with E-state index in [1.807, 2.05) is 0 Å². The molecule has 0 fully saturated rings. The Morgan fingerprint density at radius 2 is 1.81 bits per heavy atom. The summed E-state index contributed by atoms with van der Waals surface area (Å²) in [5, 5.41) is 4.36. The number of furan rings is 1. The lowest BCUT2D eigenvalue weighted by molar-refractivity contribution is -0.139. The third-order valence-corrected chi connectivity index (χ3v) is 3.23. The normalized spacial score (nSPS) is 11.3. The monoisotopic (exact) mass is 383 g/mol. The van der Waals surface area contributed by atoms with Crippen molar-refractivity contribution >= 4 is 23.5 Å². The molecule has 0 saturated heterocycles. The van der Waals surface area contributed by atoms with Gasteiger partial charge in [-0.3, -0.25) is 14.9 Å². The molecular formula is C16H9F4N3O4. The average Bonchev–Trinajstić information content (AvgIpc) is 3.27. The van der Waals surface area contributed by atoms with E-state index in [1.165, 1.54) is 18.4 Å². The second-order valence-corrected chi connectivity index (χ2v) is 5.12. The number of amides is 2. The van der Waals surface area contributed by atoms with Gasteiger partial charge >= 0.3 is 12.2 Å². The Hall–Kier alpha value is -3.63. The number of benzene rings is 1. The summed E-state index contributed by atoms with van der Waals surface area (Å²) in [4.78, 5) is 27.5. The molecule has 0 bridgehead atoms. The summed E-state index contributed by atoms with van der Waals surface area (Å²) in [6.45, 7) is 0. The number of nitrogens with zero attached hydrogens (tertiary/aromatic N) is 1. The van der Waals surface area contributed by atoms with E-state index in [1.54, 1.807) is 0 Å². The first-order chi connectivity index (χ1) is 12.7. The highest BCUT2D eigenvalue weighted by Crippen LogP contribution is 2.33. The van der Waals surface area contributed by atoms with Crippen molar-refractivity contribution in [3.8, 4) is 0 Å². The smallest absolute Gasteiger partial charge is 0.419 e. The Morgan fingerprint density at radius 3 is 2.48 bits per heavy atom. The van der Waals surface area contributed by atoms with Crippen LogP contribution in [0.4, 0.5) is 29.3 Å². The first-order valence-electron chi connectivity index (χ1n) is 7.22. The molecule has 0 aliphatic rings. The van der Waals surface area contributed by atoms with Crippen molar-refractivity contribution in [1.29, 1.82) is 0 Å². The third kappa shape index (κ3) is 4.14. The maximum Gasteiger partial charge on any atom is 0.419 e. The van der Waals surface area contributed by atoms with E-state index in [0.717, 1.165) is 12.3 Å². The number of anilines is 2. The summed E-state index contributed by atoms with van der Waals surface area (Å²) in [7, 11) is 0. The first kappa shape index (κ1) is 18.2. The molecule has 0 atom stereocenters. The SMILES string of the molecule is O=C(Nc1ccc(F)c(C(F)(F)F)c1)c1coc(NC(=O)c2ccco2)n1. The van der Waals surface area contributed by atoms with E-state index in [9.17, 15) is 27.2 Å². The second-order valence-electron chi connectivity index (χ2n) is 5.12. The topological polar surface area (TPSA) is 97.4 Å². The van der Waals surface area contributed by atoms with Gasteiger partial charge in [0.05, 0.1) is 11.8 Å². The highest BCUT2D eigenvalue weighted by atomic mass is 19.4. The minimum Gasteiger partial charge on any atom is -0.459 e. The lowest BCUT2D eigenvalue weighted by Crippen LogP contribution is -2.15. The lowest BCUT2D eigenvalue weighted by Gasteiger charge is -2.10. The molecule has 2 aromatic heterocycles. The molecule has 2 heterocycles. The molecule has 1 aromatic carbocycles. The van der Waals surface area contributed by atoms with E-state index < -0.39 is 29.4 Å². The highest BCUT2D eigenvalue weighted by molar-refractivity contribution is 6.04. The minimum atomic E-state index is -4.91. The zero-order valence-electron chi connectivity index (χ0n) is 13.1. The molecule has 3 aromatic rings. The van der Waals surface area contributed by atoms with Gasteiger partial charge in [-0.2, -0.15) is 18.2 Å². The van der Waals surface area contributed by atoms with Crippen molar-refractivity contribution in [3.63, 3.8) is 0 Å². The lowest BCUT2D eigenvalue weighted by atomic mass is 10.2. The van der Waals surface area contributed by atoms with E-state index in [-0.39, 0.29) is 23.2 Å². The van der Waals surface area contributed by atoms with Crippen LogP contribution >= 0.6 is 0 Å². The molecule has 11 heteroatoms. The maximum absolute atomic E-state index is 13.3. The van der Waals surface area contributed by atoms with Gasteiger partial charge in [-0.25, -0.2) is 4.39 Å². The summed E-state index contributed by atoms with van der Waals surface area (Å²) in [6, 6.07) is 4.54. The van der Waals surface area contributed by atoms with Crippen LogP contribution in [0.3, 0.4) is 0 Å². The van der Waals surface area contributed by atoms with Crippen molar-refractivity contribution in [2.75, 3.05) is 10.6 Å². The van der Waals surface area contributed by atoms with E-state index in [2.05, 4.69) is 15.6 Å². The zero-order chi connectivity index (χ0) is 19.6. The van der Waals surface area contributed by atoms with E-state index >= 15 is 0 Å². The standard InChI is InChI=1S/C16H9F4N3O4/c17-10-4-3-8(6-9(10)16(18,19)20)21-13(24)11-7-27-15(22-11)23-14(25)12-2-1-5-26-12/h1-7H,(H,21,24)(H,22,23,25). The van der Waals surface area contributed by atoms with Crippen LogP contribution in [0.1, 0.15) is 26.6 Å². The second kappa shape index (κ2) is 6.94. The molecule has 0 aliphatic heterocycles. The van der Waals surface area contributed by atoms with Gasteiger partial charge in [-0.1, -0.05) is 0 Å². The predicted octanol–water partition coefficient (Wildman–Crippen LogP) is 3.93. The molecule has 27 heavy (non-hydrogen) atoms. The number of carbonyl (C=O) groups excluding carboxylic acids is 2. The molecular weight excluding hydrogens is 374 g/mol. The molecule has 0 unspecified atom stereocenters. The van der Waals surface area contributed by atoms with Gasteiger partial charge in [0.2, 0.25) is 0 Å². The minimum absolute atomic E-state index is 0.0230. The van der Waals surface area contributed by atoms with Gasteiger partial charge in [0.15, 0.2) is 11.5 Å². The van der Waals surface area contributed by atoms with Crippen LogP contribution < -0.4 is 10.6 Å². The Morgan fingerprint density at radius 1 is 1.04 bits per heavy atom. The average molecular weight is 383 g/mol. The van der Waals surface area contributed by atoms with Crippen LogP contribution in [0.5, 0.6) is 0 Å². The quantitative estimate of drug-likeness (QED) is 0.666. The van der Waals surface area contributed by atoms with Crippen molar-refractivity contribution < 1.29 is 36.0 Å². The molecule has 0 aliphatic carbocycles. The third-order valence-electron chi connectivity index (χ3n) is 3.23. The molecule has 140 valence electrons. The molecule has 0 saturated carbocycles. The fourth-order valence-corrected chi connectivity index (χ4v) is 2.02. The van der Waals surface area contributed by atoms with Gasteiger partial charge in [-0.05, 0) is 30.3 Å². The fourth-order valence-electron chi connectivity index (χ4n) is 2.02. The van der Waals surface area contributed by atoms with Crippen molar-refractivity contribution in [2.45, 2.75) is 6.18 Å². The number of oxazole rings is 1. The molecule has 2 amide bonds. The van der Waals surface area contributed by atoms with Gasteiger partial charge in [-0.15, -0.1) is 0 Å². The van der Waals surface area contributed by atoms with Crippen LogP contribution in [0, 0.1) is 5.82 Å². The van der Waals surface area contributed by atoms with Crippen LogP contribution in [0.15, 0.2) is 51.7 Å². The summed E-state index contributed by atoms with van der Waals surface area (Å²) >= 11 is 0. The largest absolute Gasteiger partial charge is 0.459 e. The zero-order valence-corrected chi connectivity index (χ0v) is 13.1. The molecule has 7 nitrogen and oxygen atoms in total. The maximum atomic E-state index is 13.3. The van der Waals surface area contributed by atoms with Gasteiger partial charge in [0, 0.05) is 5.69 Å². The van der Waals surface area contributed by atoms with Crippen molar-refractivity contribution in [1.82, 2.24) is 4.98 Å². The molecule has 0 radical (unpaired) electrons. The Labute approximate surface area is 148 Å². The number of carbonyl (C=O) groups is 2. The van der Waals surface area contributed by atoms with Crippen LogP contribution in [0.2, 0.25) is 0 Å². The summed E-state index contributed by atoms with van der Waals surface area (Å²) < 4.78 is 61.1. The molecule has 2 N–H and O–H groups in total. The van der Waals surface area contributed by atoms with Crippen molar-refractivity contribution in [3.05, 3.63) is 65.7 Å². The molecule has 0 spiro atoms. The summed E-state index contributed by atoms with van der Waals surface area (Å²) in [5.41, 5.74) is -2.13. The Kier molecular flexibility index (Phi) is 4.67. The Balaban J connectivity index is 1.70. The number of nitrogens with one attached hydrogen (secondary N) is 2. The van der Waals surface area contributed by atoms with Crippen molar-refractivity contribution in [2.24, 2.45) is 0 Å². The van der Waals surface area contributed by atoms with Gasteiger partial charge in [0.1, 0.15) is 12.1 Å². The number of aromatic nitrogens is 1. The highest BCUT2D eigenvalue weighted by Gasteiger charge is 2.34. The van der Waals surface area contributed by atoms with E-state index in [4.69, 9.17) is 8.83 Å². The number of rotatable bonds is 4. The number of hydrogen-bond donors (Lipinski definition) is 2. The number of alkyl halides is 3. The number of hydrogen-bond acceptors (Lipinski definition) is 5. The summed E-state index contributed by atoms with van der Waals surface area (Å²) in [6.07, 6.45) is -2.75. The van der Waals surface area contributed by atoms with Gasteiger partial charge in [0.25, 0.3) is 11.8 Å². The first-order valence-corrected chi connectivity index (χ1v) is 7.22.